The highest BCUT2D eigenvalue weighted by Crippen LogP contribution is 2.39. The fourth-order valence-corrected chi connectivity index (χ4v) is 4.96. The normalized spacial score (nSPS) is 19.9. The van der Waals surface area contributed by atoms with Gasteiger partial charge in [-0.25, -0.2) is 0 Å². The number of rotatable bonds is 3. The number of fused-ring (bicyclic) bond motifs is 3. The summed E-state index contributed by atoms with van der Waals surface area (Å²) in [5.74, 6) is -0.180. The number of nitrogens with zero attached hydrogens (tertiary/aromatic N) is 1. The first kappa shape index (κ1) is 17.5. The summed E-state index contributed by atoms with van der Waals surface area (Å²) in [4.78, 5) is 15.7. The topological polar surface area (TPSA) is 32.3 Å². The van der Waals surface area contributed by atoms with Crippen LogP contribution in [0.2, 0.25) is 0 Å². The summed E-state index contributed by atoms with van der Waals surface area (Å²) in [6.45, 7) is -0.304. The van der Waals surface area contributed by atoms with Gasteiger partial charge in [0.2, 0.25) is 0 Å². The highest BCUT2D eigenvalue weighted by atomic mass is 32.1. The van der Waals surface area contributed by atoms with E-state index >= 15 is 0 Å². The average Bonchev–Trinajstić information content (AvgIpc) is 3.20. The van der Waals surface area contributed by atoms with E-state index in [9.17, 15) is 18.0 Å². The minimum Gasteiger partial charge on any atom is -0.347 e. The molecule has 1 aliphatic heterocycles. The summed E-state index contributed by atoms with van der Waals surface area (Å²) in [7, 11) is 0. The molecule has 2 aliphatic rings. The predicted octanol–water partition coefficient (Wildman–Crippen LogP) is 3.88. The molecule has 1 aliphatic carbocycles. The van der Waals surface area contributed by atoms with Crippen molar-refractivity contribution in [1.82, 2.24) is 10.2 Å². The first-order chi connectivity index (χ1) is 12.4. The van der Waals surface area contributed by atoms with Crippen molar-refractivity contribution in [2.75, 3.05) is 19.6 Å². The van der Waals surface area contributed by atoms with Crippen molar-refractivity contribution in [3.63, 3.8) is 0 Å². The smallest absolute Gasteiger partial charge is 0.347 e. The molecule has 1 fully saturated rings. The number of likely N-dealkylation sites (tertiary alicyclic amines) is 1. The first-order valence-corrected chi connectivity index (χ1v) is 9.52. The van der Waals surface area contributed by atoms with Crippen molar-refractivity contribution in [2.45, 2.75) is 31.5 Å². The highest BCUT2D eigenvalue weighted by Gasteiger charge is 2.35. The number of carbonyl (C=O) groups is 1. The van der Waals surface area contributed by atoms with E-state index in [-0.39, 0.29) is 18.5 Å². The Morgan fingerprint density at radius 1 is 1.23 bits per heavy atom. The van der Waals surface area contributed by atoms with Gasteiger partial charge in [0.1, 0.15) is 0 Å². The molecule has 1 aromatic carbocycles. The number of nitrogens with one attached hydrogen (secondary N) is 1. The van der Waals surface area contributed by atoms with Gasteiger partial charge in [-0.2, -0.15) is 13.2 Å². The molecular formula is C19H19F3N2OS. The van der Waals surface area contributed by atoms with Crippen LogP contribution in [0.4, 0.5) is 13.2 Å². The van der Waals surface area contributed by atoms with E-state index in [1.54, 1.807) is 0 Å². The standard InChI is InChI=1S/C19H19F3N2OS/c20-19(21,22)11-24-8-7-14(10-24)23-18(25)16-9-13-6-5-12-3-1-2-4-15(12)17(13)26-16/h1-4,9,14H,5-8,10-11H2,(H,23,25). The molecule has 0 spiro atoms. The van der Waals surface area contributed by atoms with Crippen molar-refractivity contribution < 1.29 is 18.0 Å². The Kier molecular flexibility index (Phi) is 4.52. The molecule has 1 unspecified atom stereocenters. The maximum Gasteiger partial charge on any atom is 0.401 e. The van der Waals surface area contributed by atoms with Crippen molar-refractivity contribution in [3.05, 3.63) is 46.3 Å². The zero-order valence-electron chi connectivity index (χ0n) is 14.1. The van der Waals surface area contributed by atoms with Crippen LogP contribution >= 0.6 is 11.3 Å². The van der Waals surface area contributed by atoms with E-state index in [1.807, 2.05) is 18.2 Å². The molecule has 7 heteroatoms. The Balaban J connectivity index is 1.44. The third kappa shape index (κ3) is 3.64. The van der Waals surface area contributed by atoms with Crippen molar-refractivity contribution in [1.29, 1.82) is 0 Å². The van der Waals surface area contributed by atoms with E-state index in [1.165, 1.54) is 32.9 Å². The fourth-order valence-electron chi connectivity index (χ4n) is 3.79. The Morgan fingerprint density at radius 3 is 2.81 bits per heavy atom. The number of alkyl halides is 3. The zero-order chi connectivity index (χ0) is 18.3. The second-order valence-corrected chi connectivity index (χ2v) is 7.98. The van der Waals surface area contributed by atoms with Gasteiger partial charge in [-0.3, -0.25) is 9.69 Å². The second-order valence-electron chi connectivity index (χ2n) is 6.93. The quantitative estimate of drug-likeness (QED) is 0.877. The van der Waals surface area contributed by atoms with Crippen LogP contribution in [-0.2, 0) is 12.8 Å². The first-order valence-electron chi connectivity index (χ1n) is 8.70. The van der Waals surface area contributed by atoms with Crippen LogP contribution < -0.4 is 5.32 Å². The maximum absolute atomic E-state index is 12.6. The fraction of sp³-hybridized carbons (Fsp3) is 0.421. The minimum atomic E-state index is -4.20. The van der Waals surface area contributed by atoms with E-state index in [0.29, 0.717) is 17.8 Å². The van der Waals surface area contributed by atoms with Gasteiger partial charge in [0, 0.05) is 24.0 Å². The number of carbonyl (C=O) groups excluding carboxylic acids is 1. The number of amides is 1. The van der Waals surface area contributed by atoms with Gasteiger partial charge >= 0.3 is 6.18 Å². The predicted molar refractivity (Wildman–Crippen MR) is 95.5 cm³/mol. The molecule has 1 aromatic heterocycles. The van der Waals surface area contributed by atoms with Gasteiger partial charge < -0.3 is 5.32 Å². The van der Waals surface area contributed by atoms with Crippen LogP contribution in [0, 0.1) is 0 Å². The summed E-state index contributed by atoms with van der Waals surface area (Å²) in [6, 6.07) is 9.94. The molecule has 1 amide bonds. The number of hydrogen-bond acceptors (Lipinski definition) is 3. The molecule has 2 heterocycles. The van der Waals surface area contributed by atoms with Crippen LogP contribution in [0.3, 0.4) is 0 Å². The van der Waals surface area contributed by atoms with Crippen LogP contribution in [0.25, 0.3) is 10.4 Å². The Bertz CT molecular complexity index is 830. The molecule has 1 saturated heterocycles. The Morgan fingerprint density at radius 2 is 2.00 bits per heavy atom. The molecule has 2 aromatic rings. The van der Waals surface area contributed by atoms with E-state index in [2.05, 4.69) is 17.4 Å². The average molecular weight is 380 g/mol. The van der Waals surface area contributed by atoms with Gasteiger partial charge in [-0.05, 0) is 42.0 Å². The number of aryl methyl sites for hydroxylation is 2. The van der Waals surface area contributed by atoms with Gasteiger partial charge in [0.15, 0.2) is 0 Å². The van der Waals surface area contributed by atoms with E-state index in [0.717, 1.165) is 17.7 Å². The van der Waals surface area contributed by atoms with Crippen LogP contribution in [0.1, 0.15) is 27.2 Å². The zero-order valence-corrected chi connectivity index (χ0v) is 14.9. The molecule has 0 bridgehead atoms. The van der Waals surface area contributed by atoms with Gasteiger partial charge in [0.05, 0.1) is 11.4 Å². The lowest BCUT2D eigenvalue weighted by atomic mass is 9.91. The van der Waals surface area contributed by atoms with Crippen molar-refractivity contribution in [2.24, 2.45) is 0 Å². The van der Waals surface area contributed by atoms with Crippen LogP contribution in [0.15, 0.2) is 30.3 Å². The molecule has 0 saturated carbocycles. The Labute approximate surface area is 153 Å². The largest absolute Gasteiger partial charge is 0.401 e. The highest BCUT2D eigenvalue weighted by molar-refractivity contribution is 7.17. The lowest BCUT2D eigenvalue weighted by Gasteiger charge is -2.18. The number of thiophene rings is 1. The van der Waals surface area contributed by atoms with Gasteiger partial charge in [-0.1, -0.05) is 24.3 Å². The second kappa shape index (κ2) is 6.70. The number of hydrogen-bond donors (Lipinski definition) is 1. The van der Waals surface area contributed by atoms with Gasteiger partial charge in [0.25, 0.3) is 5.91 Å². The molecule has 1 N–H and O–H groups in total. The Hall–Kier alpha value is -1.86. The summed E-state index contributed by atoms with van der Waals surface area (Å²) in [5, 5.41) is 2.91. The maximum atomic E-state index is 12.6. The summed E-state index contributed by atoms with van der Waals surface area (Å²) < 4.78 is 37.5. The summed E-state index contributed by atoms with van der Waals surface area (Å²) in [6.07, 6.45) is -1.76. The summed E-state index contributed by atoms with van der Waals surface area (Å²) in [5.41, 5.74) is 3.67. The summed E-state index contributed by atoms with van der Waals surface area (Å²) >= 11 is 1.47. The number of halogens is 3. The van der Waals surface area contributed by atoms with E-state index in [4.69, 9.17) is 0 Å². The molecule has 0 radical (unpaired) electrons. The molecule has 4 rings (SSSR count). The molecule has 3 nitrogen and oxygen atoms in total. The SMILES string of the molecule is O=C(NC1CCN(CC(F)(F)F)C1)c1cc2c(s1)-c1ccccc1CC2. The van der Waals surface area contributed by atoms with Crippen molar-refractivity contribution in [3.8, 4) is 10.4 Å². The van der Waals surface area contributed by atoms with Crippen molar-refractivity contribution >= 4 is 17.2 Å². The lowest BCUT2D eigenvalue weighted by molar-refractivity contribution is -0.143. The molecule has 138 valence electrons. The minimum absolute atomic E-state index is 0.180. The molecule has 26 heavy (non-hydrogen) atoms. The molecule has 1 atom stereocenters. The third-order valence-corrected chi connectivity index (χ3v) is 6.18. The van der Waals surface area contributed by atoms with Crippen LogP contribution in [0.5, 0.6) is 0 Å². The van der Waals surface area contributed by atoms with Gasteiger partial charge in [-0.15, -0.1) is 11.3 Å². The lowest BCUT2D eigenvalue weighted by Crippen LogP contribution is -2.39. The third-order valence-electron chi connectivity index (χ3n) is 4.97. The van der Waals surface area contributed by atoms with Crippen LogP contribution in [-0.4, -0.2) is 42.7 Å². The number of benzene rings is 1. The monoisotopic (exact) mass is 380 g/mol. The van der Waals surface area contributed by atoms with E-state index < -0.39 is 12.7 Å². The molecular weight excluding hydrogens is 361 g/mol.